The molecule has 0 aromatic heterocycles. The van der Waals surface area contributed by atoms with Gasteiger partial charge in [-0.25, -0.2) is 4.79 Å². The summed E-state index contributed by atoms with van der Waals surface area (Å²) in [6, 6.07) is 9.41. The summed E-state index contributed by atoms with van der Waals surface area (Å²) in [6.07, 6.45) is 0. The van der Waals surface area contributed by atoms with Crippen LogP contribution in [0.3, 0.4) is 0 Å². The van der Waals surface area contributed by atoms with Gasteiger partial charge in [0.15, 0.2) is 0 Å². The number of ether oxygens (including phenoxy) is 1. The highest BCUT2D eigenvalue weighted by molar-refractivity contribution is 9.11. The first-order valence-electron chi connectivity index (χ1n) is 6.10. The zero-order valence-electron chi connectivity index (χ0n) is 11.4. The van der Waals surface area contributed by atoms with E-state index in [0.29, 0.717) is 25.9 Å². The summed E-state index contributed by atoms with van der Waals surface area (Å²) in [6.45, 7) is 0. The number of carboxylic acid groups (broad SMARTS) is 1. The zero-order chi connectivity index (χ0) is 16.3. The van der Waals surface area contributed by atoms with E-state index >= 15 is 0 Å². The largest absolute Gasteiger partial charge is 0.495 e. The number of amides is 1. The van der Waals surface area contributed by atoms with E-state index < -0.39 is 11.9 Å². The van der Waals surface area contributed by atoms with Gasteiger partial charge in [-0.1, -0.05) is 22.0 Å². The van der Waals surface area contributed by atoms with Crippen LogP contribution in [-0.4, -0.2) is 24.1 Å². The molecule has 0 aliphatic carbocycles. The van der Waals surface area contributed by atoms with Gasteiger partial charge in [0.05, 0.1) is 22.7 Å². The lowest BCUT2D eigenvalue weighted by atomic mass is 10.1. The summed E-state index contributed by atoms with van der Waals surface area (Å²) in [5.41, 5.74) is 0.813. The Morgan fingerprint density at radius 2 is 1.91 bits per heavy atom. The number of carbonyl (C=O) groups is 2. The molecular formula is C15H11Br2NO4. The van der Waals surface area contributed by atoms with Gasteiger partial charge in [0, 0.05) is 10.2 Å². The molecule has 0 atom stereocenters. The van der Waals surface area contributed by atoms with Crippen LogP contribution in [0, 0.1) is 0 Å². The predicted molar refractivity (Wildman–Crippen MR) is 89.7 cm³/mol. The number of anilines is 1. The summed E-state index contributed by atoms with van der Waals surface area (Å²) in [4.78, 5) is 23.4. The highest BCUT2D eigenvalue weighted by Gasteiger charge is 2.17. The lowest BCUT2D eigenvalue weighted by molar-refractivity contribution is 0.0696. The van der Waals surface area contributed by atoms with Crippen LogP contribution in [0.15, 0.2) is 45.3 Å². The van der Waals surface area contributed by atoms with Crippen LogP contribution in [0.25, 0.3) is 0 Å². The molecule has 0 unspecified atom stereocenters. The van der Waals surface area contributed by atoms with Crippen LogP contribution in [0.1, 0.15) is 20.7 Å². The van der Waals surface area contributed by atoms with Crippen LogP contribution < -0.4 is 10.1 Å². The van der Waals surface area contributed by atoms with Crippen LogP contribution >= 0.6 is 31.9 Å². The molecule has 0 saturated carbocycles. The Morgan fingerprint density at radius 3 is 2.55 bits per heavy atom. The lowest BCUT2D eigenvalue weighted by Gasteiger charge is -2.12. The molecule has 0 radical (unpaired) electrons. The SMILES string of the molecule is COc1c(Br)cc(Br)cc1C(=O)Nc1cccc(C(=O)O)c1. The molecule has 2 N–H and O–H groups in total. The van der Waals surface area contributed by atoms with Gasteiger partial charge in [0.1, 0.15) is 5.75 Å². The second-order valence-corrected chi connectivity index (χ2v) is 6.08. The van der Waals surface area contributed by atoms with E-state index in [1.165, 1.54) is 19.2 Å². The zero-order valence-corrected chi connectivity index (χ0v) is 14.6. The van der Waals surface area contributed by atoms with E-state index in [-0.39, 0.29) is 5.56 Å². The van der Waals surface area contributed by atoms with Crippen LogP contribution in [0.5, 0.6) is 5.75 Å². The van der Waals surface area contributed by atoms with Gasteiger partial charge < -0.3 is 15.2 Å². The topological polar surface area (TPSA) is 75.6 Å². The van der Waals surface area contributed by atoms with Crippen molar-refractivity contribution in [3.05, 3.63) is 56.5 Å². The molecule has 0 fully saturated rings. The van der Waals surface area contributed by atoms with Crippen LogP contribution in [-0.2, 0) is 0 Å². The Morgan fingerprint density at radius 1 is 1.18 bits per heavy atom. The molecule has 0 heterocycles. The molecular weight excluding hydrogens is 418 g/mol. The average Bonchev–Trinajstić information content (AvgIpc) is 2.46. The summed E-state index contributed by atoms with van der Waals surface area (Å²) in [5, 5.41) is 11.6. The van der Waals surface area contributed by atoms with Gasteiger partial charge in [-0.2, -0.15) is 0 Å². The molecule has 0 spiro atoms. The van der Waals surface area contributed by atoms with Crippen molar-refractivity contribution in [1.82, 2.24) is 0 Å². The monoisotopic (exact) mass is 427 g/mol. The number of aromatic carboxylic acids is 1. The van der Waals surface area contributed by atoms with Gasteiger partial charge >= 0.3 is 5.97 Å². The van der Waals surface area contributed by atoms with Gasteiger partial charge in [-0.15, -0.1) is 0 Å². The second kappa shape index (κ2) is 6.93. The van der Waals surface area contributed by atoms with Crippen molar-refractivity contribution in [1.29, 1.82) is 0 Å². The Bertz CT molecular complexity index is 746. The van der Waals surface area contributed by atoms with Crippen LogP contribution in [0.2, 0.25) is 0 Å². The third-order valence-electron chi connectivity index (χ3n) is 2.82. The molecule has 2 rings (SSSR count). The van der Waals surface area contributed by atoms with Crippen molar-refractivity contribution in [2.75, 3.05) is 12.4 Å². The van der Waals surface area contributed by atoms with E-state index in [4.69, 9.17) is 9.84 Å². The smallest absolute Gasteiger partial charge is 0.335 e. The molecule has 7 heteroatoms. The molecule has 0 aliphatic rings. The second-order valence-electron chi connectivity index (χ2n) is 4.31. The van der Waals surface area contributed by atoms with Crippen molar-refractivity contribution in [2.45, 2.75) is 0 Å². The van der Waals surface area contributed by atoms with E-state index in [0.717, 1.165) is 0 Å². The fourth-order valence-electron chi connectivity index (χ4n) is 1.86. The average molecular weight is 429 g/mol. The maximum atomic E-state index is 12.4. The Hall–Kier alpha value is -1.86. The van der Waals surface area contributed by atoms with E-state index in [2.05, 4.69) is 37.2 Å². The summed E-state index contributed by atoms with van der Waals surface area (Å²) >= 11 is 6.65. The minimum Gasteiger partial charge on any atom is -0.495 e. The molecule has 0 bridgehead atoms. The van der Waals surface area contributed by atoms with Gasteiger partial charge in [-0.05, 0) is 46.3 Å². The normalized spacial score (nSPS) is 10.1. The Labute approximate surface area is 143 Å². The first-order valence-corrected chi connectivity index (χ1v) is 7.68. The predicted octanol–water partition coefficient (Wildman–Crippen LogP) is 4.17. The minimum atomic E-state index is -1.06. The summed E-state index contributed by atoms with van der Waals surface area (Å²) < 4.78 is 6.58. The van der Waals surface area contributed by atoms with Crippen molar-refractivity contribution in [2.24, 2.45) is 0 Å². The number of halogens is 2. The number of nitrogens with one attached hydrogen (secondary N) is 1. The van der Waals surface area contributed by atoms with E-state index in [1.807, 2.05) is 0 Å². The first-order chi connectivity index (χ1) is 10.4. The van der Waals surface area contributed by atoms with E-state index in [1.54, 1.807) is 24.3 Å². The van der Waals surface area contributed by atoms with Crippen LogP contribution in [0.4, 0.5) is 5.69 Å². The van der Waals surface area contributed by atoms with Crippen molar-refractivity contribution in [3.8, 4) is 5.75 Å². The third-order valence-corrected chi connectivity index (χ3v) is 3.87. The van der Waals surface area contributed by atoms with E-state index in [9.17, 15) is 9.59 Å². The number of hydrogen-bond acceptors (Lipinski definition) is 3. The Balaban J connectivity index is 2.34. The number of benzene rings is 2. The molecule has 22 heavy (non-hydrogen) atoms. The number of hydrogen-bond donors (Lipinski definition) is 2. The minimum absolute atomic E-state index is 0.0974. The van der Waals surface area contributed by atoms with Gasteiger partial charge in [-0.3, -0.25) is 4.79 Å². The third kappa shape index (κ3) is 3.66. The fraction of sp³-hybridized carbons (Fsp3) is 0.0667. The number of carbonyl (C=O) groups excluding carboxylic acids is 1. The fourth-order valence-corrected chi connectivity index (χ4v) is 3.25. The maximum absolute atomic E-state index is 12.4. The number of methoxy groups -OCH3 is 1. The van der Waals surface area contributed by atoms with Crippen molar-refractivity contribution in [3.63, 3.8) is 0 Å². The first kappa shape index (κ1) is 16.5. The molecule has 0 aliphatic heterocycles. The number of carboxylic acids is 1. The summed E-state index contributed by atoms with van der Waals surface area (Å²) in [5.74, 6) is -1.06. The number of rotatable bonds is 4. The molecule has 114 valence electrons. The van der Waals surface area contributed by atoms with Crippen molar-refractivity contribution >= 4 is 49.4 Å². The highest BCUT2D eigenvalue weighted by atomic mass is 79.9. The van der Waals surface area contributed by atoms with Crippen molar-refractivity contribution < 1.29 is 19.4 Å². The highest BCUT2D eigenvalue weighted by Crippen LogP contribution is 2.33. The summed E-state index contributed by atoms with van der Waals surface area (Å²) in [7, 11) is 1.47. The quantitative estimate of drug-likeness (QED) is 0.766. The lowest BCUT2D eigenvalue weighted by Crippen LogP contribution is -2.14. The molecule has 2 aromatic rings. The molecule has 2 aromatic carbocycles. The maximum Gasteiger partial charge on any atom is 0.335 e. The standard InChI is InChI=1S/C15H11Br2NO4/c1-22-13-11(6-9(16)7-12(13)17)14(19)18-10-4-2-3-8(5-10)15(20)21/h2-7H,1H3,(H,18,19)(H,20,21). The molecule has 5 nitrogen and oxygen atoms in total. The van der Waals surface area contributed by atoms with Gasteiger partial charge in [0.25, 0.3) is 5.91 Å². The van der Waals surface area contributed by atoms with Gasteiger partial charge in [0.2, 0.25) is 0 Å². The molecule has 0 saturated heterocycles. The Kier molecular flexibility index (Phi) is 5.20. The molecule has 1 amide bonds.